The predicted octanol–water partition coefficient (Wildman–Crippen LogP) is 5.86. The molecule has 2 aromatic carbocycles. The fourth-order valence-electron chi connectivity index (χ4n) is 4.11. The van der Waals surface area contributed by atoms with E-state index < -0.39 is 23.3 Å². The van der Waals surface area contributed by atoms with Gasteiger partial charge in [0.15, 0.2) is 11.5 Å². The molecule has 0 saturated carbocycles. The molecular weight excluding hydrogens is 607 g/mol. The maximum Gasteiger partial charge on any atom is 0.352 e. The van der Waals surface area contributed by atoms with Crippen molar-refractivity contribution in [3.8, 4) is 17.2 Å². The van der Waals surface area contributed by atoms with Gasteiger partial charge in [-0.3, -0.25) is 14.5 Å². The maximum atomic E-state index is 12.9. The second-order valence-electron chi connectivity index (χ2n) is 8.52. The molecule has 5 rings (SSSR count). The molecule has 39 heavy (non-hydrogen) atoms. The van der Waals surface area contributed by atoms with Crippen molar-refractivity contribution in [3.05, 3.63) is 85.1 Å². The summed E-state index contributed by atoms with van der Waals surface area (Å²) in [5.74, 6) is -0.847. The fourth-order valence-corrected chi connectivity index (χ4v) is 6.75. The Bertz CT molecular complexity index is 1480. The maximum absolute atomic E-state index is 12.9. The molecule has 2 aliphatic heterocycles. The highest BCUT2D eigenvalue weighted by molar-refractivity contribution is 8.00. The van der Waals surface area contributed by atoms with Crippen molar-refractivity contribution in [1.29, 1.82) is 0 Å². The van der Waals surface area contributed by atoms with Gasteiger partial charge < -0.3 is 19.9 Å². The van der Waals surface area contributed by atoms with Crippen molar-refractivity contribution in [3.63, 3.8) is 0 Å². The lowest BCUT2D eigenvalue weighted by Crippen LogP contribution is -2.70. The summed E-state index contributed by atoms with van der Waals surface area (Å²) in [7, 11) is 0. The summed E-state index contributed by atoms with van der Waals surface area (Å²) in [6.45, 7) is -0.133. The number of thiophene rings is 1. The Hall–Kier alpha value is -2.89. The largest absolute Gasteiger partial charge is 0.485 e. The number of hydrogen-bond acceptors (Lipinski definition) is 7. The first kappa shape index (κ1) is 27.7. The van der Waals surface area contributed by atoms with Crippen LogP contribution in [0.1, 0.15) is 4.88 Å². The van der Waals surface area contributed by atoms with Crippen LogP contribution in [-0.2, 0) is 20.8 Å². The number of rotatable bonds is 9. The van der Waals surface area contributed by atoms with Gasteiger partial charge in [0, 0.05) is 32.3 Å². The van der Waals surface area contributed by atoms with E-state index in [1.54, 1.807) is 24.3 Å². The molecule has 2 atom stereocenters. The summed E-state index contributed by atoms with van der Waals surface area (Å²) in [6, 6.07) is 12.4. The minimum atomic E-state index is -1.26. The molecule has 0 radical (unpaired) electrons. The summed E-state index contributed by atoms with van der Waals surface area (Å²) >= 11 is 21.2. The second kappa shape index (κ2) is 11.7. The zero-order chi connectivity index (χ0) is 27.7. The molecule has 8 nitrogen and oxygen atoms in total. The van der Waals surface area contributed by atoms with Gasteiger partial charge in [-0.15, -0.1) is 23.1 Å². The van der Waals surface area contributed by atoms with Crippen molar-refractivity contribution in [2.75, 3.05) is 12.4 Å². The van der Waals surface area contributed by atoms with E-state index in [2.05, 4.69) is 5.32 Å². The highest BCUT2D eigenvalue weighted by Crippen LogP contribution is 2.42. The Kier molecular flexibility index (Phi) is 8.29. The third kappa shape index (κ3) is 6.00. The van der Waals surface area contributed by atoms with Crippen LogP contribution in [0, 0.1) is 0 Å². The average molecular weight is 626 g/mol. The van der Waals surface area contributed by atoms with Crippen LogP contribution in [0.25, 0.3) is 0 Å². The zero-order valence-corrected chi connectivity index (χ0v) is 23.8. The number of amides is 2. The highest BCUT2D eigenvalue weighted by Gasteiger charge is 2.54. The van der Waals surface area contributed by atoms with Crippen molar-refractivity contribution in [2.24, 2.45) is 0 Å². The Morgan fingerprint density at radius 2 is 1.79 bits per heavy atom. The first-order chi connectivity index (χ1) is 18.7. The summed E-state index contributed by atoms with van der Waals surface area (Å²) < 4.78 is 11.9. The van der Waals surface area contributed by atoms with Gasteiger partial charge in [-0.25, -0.2) is 4.79 Å². The molecule has 2 amide bonds. The number of carbonyl (C=O) groups is 3. The van der Waals surface area contributed by atoms with Crippen molar-refractivity contribution in [2.45, 2.75) is 17.8 Å². The highest BCUT2D eigenvalue weighted by atomic mass is 35.5. The molecule has 3 heterocycles. The third-order valence-corrected chi connectivity index (χ3v) is 8.88. The lowest BCUT2D eigenvalue weighted by atomic mass is 10.0. The van der Waals surface area contributed by atoms with Crippen molar-refractivity contribution >= 4 is 75.7 Å². The Labute approximate surface area is 246 Å². The van der Waals surface area contributed by atoms with Gasteiger partial charge in [-0.1, -0.05) is 40.9 Å². The van der Waals surface area contributed by atoms with Gasteiger partial charge in [0.25, 0.3) is 5.91 Å². The molecule has 1 fully saturated rings. The molecular formula is C26H19Cl3N2O6S2. The number of carboxylic acids is 1. The van der Waals surface area contributed by atoms with Crippen LogP contribution in [0.3, 0.4) is 0 Å². The van der Waals surface area contributed by atoms with Crippen LogP contribution in [0.2, 0.25) is 15.1 Å². The lowest BCUT2D eigenvalue weighted by molar-refractivity contribution is -0.150. The quantitative estimate of drug-likeness (QED) is 0.287. The number of nitrogens with one attached hydrogen (secondary N) is 1. The van der Waals surface area contributed by atoms with Gasteiger partial charge in [-0.2, -0.15) is 0 Å². The number of aliphatic carboxylic acids is 1. The van der Waals surface area contributed by atoms with E-state index in [1.807, 2.05) is 17.5 Å². The molecule has 1 aromatic heterocycles. The standard InChI is InChI=1S/C26H19Cl3N2O6S2/c27-14-3-5-18(17(29)8-14)37-19-6-4-15(28)9-20(19)36-11-13-12-39-25-22(24(33)31(25)23(13)26(34)35)30-21(32)10-16-2-1-7-38-16/h1-9,22,25H,10-12H2,(H,30,32)(H,34,35)/t22-,25-/m1/s1. The molecule has 0 unspecified atom stereocenters. The van der Waals surface area contributed by atoms with Gasteiger partial charge >= 0.3 is 5.97 Å². The van der Waals surface area contributed by atoms with Crippen molar-refractivity contribution < 1.29 is 29.0 Å². The Balaban J connectivity index is 1.30. The molecule has 13 heteroatoms. The van der Waals surface area contributed by atoms with Crippen LogP contribution in [0.15, 0.2) is 65.2 Å². The topological polar surface area (TPSA) is 105 Å². The van der Waals surface area contributed by atoms with E-state index in [4.69, 9.17) is 44.3 Å². The number of hydrogen-bond donors (Lipinski definition) is 2. The van der Waals surface area contributed by atoms with Gasteiger partial charge in [0.1, 0.15) is 29.5 Å². The summed E-state index contributed by atoms with van der Waals surface area (Å²) in [4.78, 5) is 39.6. The normalized spacial score (nSPS) is 18.3. The number of β-lactam (4-membered cyclic amide) rings is 1. The number of ether oxygens (including phenoxy) is 2. The molecule has 202 valence electrons. The lowest BCUT2D eigenvalue weighted by Gasteiger charge is -2.49. The van der Waals surface area contributed by atoms with E-state index >= 15 is 0 Å². The summed E-state index contributed by atoms with van der Waals surface area (Å²) in [6.07, 6.45) is 0.158. The molecule has 0 bridgehead atoms. The van der Waals surface area contributed by atoms with Gasteiger partial charge in [0.2, 0.25) is 5.91 Å². The van der Waals surface area contributed by atoms with Crippen LogP contribution < -0.4 is 14.8 Å². The minimum absolute atomic E-state index is 0.133. The zero-order valence-electron chi connectivity index (χ0n) is 19.9. The first-order valence-corrected chi connectivity index (χ1v) is 14.5. The number of thioether (sulfide) groups is 1. The first-order valence-electron chi connectivity index (χ1n) is 11.5. The molecule has 2 aliphatic rings. The van der Waals surface area contributed by atoms with E-state index in [9.17, 15) is 19.5 Å². The number of carboxylic acid groups (broad SMARTS) is 1. The van der Waals surface area contributed by atoms with Gasteiger partial charge in [0.05, 0.1) is 11.4 Å². The average Bonchev–Trinajstić information content (AvgIpc) is 3.41. The van der Waals surface area contributed by atoms with E-state index in [-0.39, 0.29) is 36.1 Å². The molecule has 0 spiro atoms. The monoisotopic (exact) mass is 624 g/mol. The smallest absolute Gasteiger partial charge is 0.352 e. The van der Waals surface area contributed by atoms with E-state index in [0.29, 0.717) is 32.1 Å². The van der Waals surface area contributed by atoms with Crippen LogP contribution in [0.4, 0.5) is 0 Å². The number of benzene rings is 2. The Morgan fingerprint density at radius 1 is 1.05 bits per heavy atom. The van der Waals surface area contributed by atoms with E-state index in [1.165, 1.54) is 40.1 Å². The molecule has 0 aliphatic carbocycles. The summed E-state index contributed by atoms with van der Waals surface area (Å²) in [5.41, 5.74) is 0.244. The predicted molar refractivity (Wildman–Crippen MR) is 151 cm³/mol. The van der Waals surface area contributed by atoms with Crippen LogP contribution >= 0.6 is 57.9 Å². The summed E-state index contributed by atoms with van der Waals surface area (Å²) in [5, 5.41) is 15.2. The Morgan fingerprint density at radius 3 is 2.49 bits per heavy atom. The van der Waals surface area contributed by atoms with Gasteiger partial charge in [-0.05, 0) is 41.8 Å². The van der Waals surface area contributed by atoms with Crippen LogP contribution in [0.5, 0.6) is 17.2 Å². The molecule has 2 N–H and O–H groups in total. The van der Waals surface area contributed by atoms with Crippen molar-refractivity contribution in [1.82, 2.24) is 10.2 Å². The molecule has 1 saturated heterocycles. The number of halogens is 3. The SMILES string of the molecule is O=C(Cc1cccs1)N[C@@H]1C(=O)N2C(C(=O)O)=C(COc3cc(Cl)ccc3Oc3ccc(Cl)cc3Cl)CS[C@H]12. The third-order valence-electron chi connectivity index (χ3n) is 5.90. The second-order valence-corrected chi connectivity index (χ2v) is 11.9. The number of carbonyl (C=O) groups excluding carboxylic acids is 2. The number of fused-ring (bicyclic) bond motifs is 1. The number of nitrogens with zero attached hydrogens (tertiary/aromatic N) is 1. The van der Waals surface area contributed by atoms with E-state index in [0.717, 1.165) is 4.88 Å². The fraction of sp³-hybridized carbons (Fsp3) is 0.192. The van der Waals surface area contributed by atoms with Crippen LogP contribution in [-0.4, -0.2) is 51.6 Å². The molecule has 3 aromatic rings. The minimum Gasteiger partial charge on any atom is -0.485 e.